The van der Waals surface area contributed by atoms with Crippen molar-refractivity contribution in [3.05, 3.63) is 0 Å². The lowest BCUT2D eigenvalue weighted by atomic mass is 10.1. The van der Waals surface area contributed by atoms with E-state index in [0.29, 0.717) is 12.1 Å². The molecule has 6 nitrogen and oxygen atoms in total. The summed E-state index contributed by atoms with van der Waals surface area (Å²) in [6.07, 6.45) is 2.56. The zero-order chi connectivity index (χ0) is 17.9. The summed E-state index contributed by atoms with van der Waals surface area (Å²) in [5.74, 6) is 1.09. The van der Waals surface area contributed by atoms with Crippen LogP contribution >= 0.6 is 24.0 Å². The lowest BCUT2D eigenvalue weighted by molar-refractivity contribution is -0.0773. The van der Waals surface area contributed by atoms with E-state index in [-0.39, 0.29) is 29.6 Å². The molecule has 4 saturated heterocycles. The summed E-state index contributed by atoms with van der Waals surface area (Å²) in [6, 6.07) is 0.595. The van der Waals surface area contributed by atoms with Crippen LogP contribution < -0.4 is 5.32 Å². The zero-order valence-corrected chi connectivity index (χ0v) is 19.4. The molecule has 4 heterocycles. The van der Waals surface area contributed by atoms with Crippen molar-refractivity contribution in [1.29, 1.82) is 0 Å². The number of nitrogens with zero attached hydrogens (tertiary/aromatic N) is 4. The van der Waals surface area contributed by atoms with E-state index in [9.17, 15) is 0 Å². The predicted molar refractivity (Wildman–Crippen MR) is 119 cm³/mol. The van der Waals surface area contributed by atoms with E-state index in [1.165, 1.54) is 32.7 Å². The number of halogens is 1. The number of nitrogens with one attached hydrogen (secondary N) is 1. The fraction of sp³-hybridized carbons (Fsp3) is 0.947. The second-order valence-electron chi connectivity index (χ2n) is 8.60. The van der Waals surface area contributed by atoms with Crippen LogP contribution in [0.4, 0.5) is 0 Å². The van der Waals surface area contributed by atoms with Gasteiger partial charge in [-0.05, 0) is 40.5 Å². The molecular weight excluding hydrogens is 441 g/mol. The van der Waals surface area contributed by atoms with E-state index in [0.717, 1.165) is 45.0 Å². The summed E-state index contributed by atoms with van der Waals surface area (Å²) in [6.45, 7) is 18.6. The van der Waals surface area contributed by atoms with Crippen molar-refractivity contribution in [2.45, 2.75) is 58.3 Å². The van der Waals surface area contributed by atoms with Gasteiger partial charge in [-0.3, -0.25) is 14.8 Å². The average molecular weight is 479 g/mol. The molecule has 0 amide bonds. The maximum absolute atomic E-state index is 6.16. The Labute approximate surface area is 176 Å². The van der Waals surface area contributed by atoms with Crippen molar-refractivity contribution in [3.63, 3.8) is 0 Å². The van der Waals surface area contributed by atoms with Gasteiger partial charge in [-0.1, -0.05) is 0 Å². The highest BCUT2D eigenvalue weighted by Gasteiger charge is 2.32. The van der Waals surface area contributed by atoms with E-state index in [1.807, 2.05) is 0 Å². The SMILES string of the molecule is CCNC(=NCC1CN2CCN1CC2)N1CCC(OC(C)(C)C)CC1.I. The summed E-state index contributed by atoms with van der Waals surface area (Å²) >= 11 is 0. The van der Waals surface area contributed by atoms with Crippen LogP contribution in [0.1, 0.15) is 40.5 Å². The first-order valence-electron chi connectivity index (χ1n) is 10.1. The Kier molecular flexibility index (Phi) is 8.43. The molecule has 2 bridgehead atoms. The minimum atomic E-state index is -0.0461. The first-order chi connectivity index (χ1) is 11.9. The molecule has 152 valence electrons. The number of piperazine rings is 3. The second-order valence-corrected chi connectivity index (χ2v) is 8.60. The normalized spacial score (nSPS) is 30.2. The predicted octanol–water partition coefficient (Wildman–Crippen LogP) is 1.85. The Morgan fingerprint density at radius 1 is 1.08 bits per heavy atom. The minimum absolute atomic E-state index is 0. The van der Waals surface area contributed by atoms with Crippen molar-refractivity contribution in [2.75, 3.05) is 58.9 Å². The Morgan fingerprint density at radius 2 is 1.73 bits per heavy atom. The van der Waals surface area contributed by atoms with Gasteiger partial charge >= 0.3 is 0 Å². The average Bonchev–Trinajstić information content (AvgIpc) is 2.59. The fourth-order valence-electron chi connectivity index (χ4n) is 4.20. The smallest absolute Gasteiger partial charge is 0.193 e. The third-order valence-electron chi connectivity index (χ3n) is 5.44. The van der Waals surface area contributed by atoms with Crippen LogP contribution in [0, 0.1) is 0 Å². The van der Waals surface area contributed by atoms with Crippen LogP contribution in [0.2, 0.25) is 0 Å². The van der Waals surface area contributed by atoms with Crippen molar-refractivity contribution < 1.29 is 4.74 Å². The van der Waals surface area contributed by atoms with Crippen LogP contribution in [-0.4, -0.2) is 97.3 Å². The van der Waals surface area contributed by atoms with E-state index >= 15 is 0 Å². The maximum Gasteiger partial charge on any atom is 0.193 e. The van der Waals surface area contributed by atoms with Crippen molar-refractivity contribution in [1.82, 2.24) is 20.0 Å². The van der Waals surface area contributed by atoms with Crippen LogP contribution in [-0.2, 0) is 4.74 Å². The Bertz CT molecular complexity index is 451. The summed E-state index contributed by atoms with van der Waals surface area (Å²) in [5, 5.41) is 3.50. The summed E-state index contributed by atoms with van der Waals surface area (Å²) in [4.78, 5) is 12.6. The highest BCUT2D eigenvalue weighted by Crippen LogP contribution is 2.20. The molecule has 7 heteroatoms. The maximum atomic E-state index is 6.16. The van der Waals surface area contributed by atoms with Gasteiger partial charge < -0.3 is 15.0 Å². The van der Waals surface area contributed by atoms with Gasteiger partial charge in [0.05, 0.1) is 18.2 Å². The quantitative estimate of drug-likeness (QED) is 0.379. The number of fused-ring (bicyclic) bond motifs is 3. The fourth-order valence-corrected chi connectivity index (χ4v) is 4.20. The number of likely N-dealkylation sites (tertiary alicyclic amines) is 1. The molecule has 4 rings (SSSR count). The third kappa shape index (κ3) is 6.21. The van der Waals surface area contributed by atoms with Gasteiger partial charge in [0.1, 0.15) is 0 Å². The number of guanidine groups is 1. The third-order valence-corrected chi connectivity index (χ3v) is 5.44. The minimum Gasteiger partial charge on any atom is -0.372 e. The molecule has 0 spiro atoms. The Hall–Kier alpha value is -0.120. The number of rotatable bonds is 4. The van der Waals surface area contributed by atoms with Gasteiger partial charge in [0.25, 0.3) is 0 Å². The highest BCUT2D eigenvalue weighted by atomic mass is 127. The van der Waals surface area contributed by atoms with Crippen molar-refractivity contribution in [3.8, 4) is 0 Å². The number of hydrogen-bond acceptors (Lipinski definition) is 4. The topological polar surface area (TPSA) is 43.3 Å². The molecule has 4 aliphatic heterocycles. The summed E-state index contributed by atoms with van der Waals surface area (Å²) < 4.78 is 6.16. The molecule has 1 unspecified atom stereocenters. The molecule has 0 aromatic rings. The van der Waals surface area contributed by atoms with Crippen LogP contribution in [0.25, 0.3) is 0 Å². The Balaban J connectivity index is 0.00000243. The molecule has 0 aromatic heterocycles. The van der Waals surface area contributed by atoms with Crippen LogP contribution in [0.15, 0.2) is 4.99 Å². The van der Waals surface area contributed by atoms with Crippen LogP contribution in [0.3, 0.4) is 0 Å². The molecule has 0 aliphatic carbocycles. The molecule has 0 aromatic carbocycles. The molecule has 4 aliphatic rings. The molecule has 0 saturated carbocycles. The largest absolute Gasteiger partial charge is 0.372 e. The van der Waals surface area contributed by atoms with Gasteiger partial charge in [-0.15, -0.1) is 24.0 Å². The van der Waals surface area contributed by atoms with Gasteiger partial charge in [0.2, 0.25) is 0 Å². The van der Waals surface area contributed by atoms with Crippen LogP contribution in [0.5, 0.6) is 0 Å². The van der Waals surface area contributed by atoms with Gasteiger partial charge in [0.15, 0.2) is 5.96 Å². The first kappa shape index (κ1) is 22.2. The highest BCUT2D eigenvalue weighted by molar-refractivity contribution is 14.0. The molecule has 0 radical (unpaired) electrons. The lowest BCUT2D eigenvalue weighted by Crippen LogP contribution is -2.62. The Morgan fingerprint density at radius 3 is 2.23 bits per heavy atom. The van der Waals surface area contributed by atoms with Crippen molar-refractivity contribution >= 4 is 29.9 Å². The number of aliphatic imine (C=N–C) groups is 1. The molecule has 1 atom stereocenters. The van der Waals surface area contributed by atoms with Gasteiger partial charge in [-0.25, -0.2) is 0 Å². The molecule has 1 N–H and O–H groups in total. The van der Waals surface area contributed by atoms with Gasteiger partial charge in [0, 0.05) is 58.4 Å². The van der Waals surface area contributed by atoms with E-state index in [4.69, 9.17) is 9.73 Å². The molecule has 26 heavy (non-hydrogen) atoms. The summed E-state index contributed by atoms with van der Waals surface area (Å²) in [5.41, 5.74) is -0.0461. The van der Waals surface area contributed by atoms with E-state index in [1.54, 1.807) is 0 Å². The first-order valence-corrected chi connectivity index (χ1v) is 10.1. The number of hydrogen-bond donors (Lipinski definition) is 1. The zero-order valence-electron chi connectivity index (χ0n) is 17.0. The van der Waals surface area contributed by atoms with E-state index < -0.39 is 0 Å². The number of piperidine rings is 1. The second kappa shape index (κ2) is 9.89. The lowest BCUT2D eigenvalue weighted by Gasteiger charge is -2.47. The van der Waals surface area contributed by atoms with Crippen molar-refractivity contribution in [2.24, 2.45) is 4.99 Å². The monoisotopic (exact) mass is 479 g/mol. The summed E-state index contributed by atoms with van der Waals surface area (Å²) in [7, 11) is 0. The van der Waals surface area contributed by atoms with Gasteiger partial charge in [-0.2, -0.15) is 0 Å². The molecular formula is C19H38IN5O. The number of ether oxygens (including phenoxy) is 1. The standard InChI is InChI=1S/C19H37N5O.HI/c1-5-20-18(21-14-16-15-22-10-12-23(16)13-11-22)24-8-6-17(7-9-24)25-19(2,3)4;/h16-17H,5-15H2,1-4H3,(H,20,21);1H. The van der Waals surface area contributed by atoms with E-state index in [2.05, 4.69) is 47.7 Å². The molecule has 4 fully saturated rings.